The fourth-order valence-electron chi connectivity index (χ4n) is 2.86. The first kappa shape index (κ1) is 14.7. The van der Waals surface area contributed by atoms with Crippen molar-refractivity contribution in [3.05, 3.63) is 0 Å². The van der Waals surface area contributed by atoms with Crippen LogP contribution in [0.5, 0.6) is 0 Å². The van der Waals surface area contributed by atoms with Crippen LogP contribution in [-0.4, -0.2) is 68.2 Å². The number of nitrogens with two attached hydrogens (primary N) is 1. The summed E-state index contributed by atoms with van der Waals surface area (Å²) in [5.41, 5.74) is 0. The summed E-state index contributed by atoms with van der Waals surface area (Å²) in [6.45, 7) is 5.42. The first-order valence-corrected chi connectivity index (χ1v) is 7.34. The van der Waals surface area contributed by atoms with Gasteiger partial charge < -0.3 is 15.5 Å². The van der Waals surface area contributed by atoms with Gasteiger partial charge in [-0.2, -0.15) is 0 Å². The zero-order valence-corrected chi connectivity index (χ0v) is 11.9. The fraction of sp³-hybridized carbons (Fsp3) is 0.923. The number of amides is 1. The van der Waals surface area contributed by atoms with E-state index in [1.54, 1.807) is 0 Å². The van der Waals surface area contributed by atoms with Crippen LogP contribution in [0.4, 0.5) is 0 Å². The molecule has 0 aliphatic carbocycles. The van der Waals surface area contributed by atoms with E-state index in [0.29, 0.717) is 6.04 Å². The molecule has 0 aromatic carbocycles. The van der Waals surface area contributed by atoms with Crippen LogP contribution in [0.15, 0.2) is 0 Å². The van der Waals surface area contributed by atoms with Gasteiger partial charge >= 0.3 is 0 Å². The second-order valence-corrected chi connectivity index (χ2v) is 5.80. The summed E-state index contributed by atoms with van der Waals surface area (Å²) >= 11 is 0. The Morgan fingerprint density at radius 2 is 1.95 bits per heavy atom. The molecule has 2 saturated heterocycles. The molecular weight excluding hydrogens is 242 g/mol. The van der Waals surface area contributed by atoms with E-state index >= 15 is 0 Å². The van der Waals surface area contributed by atoms with Gasteiger partial charge in [0.1, 0.15) is 0 Å². The molecule has 2 rings (SSSR count). The lowest BCUT2D eigenvalue weighted by molar-refractivity contribution is -0.124. The van der Waals surface area contributed by atoms with Gasteiger partial charge in [-0.15, -0.1) is 0 Å². The number of carbonyl (C=O) groups is 1. The van der Waals surface area contributed by atoms with Crippen molar-refractivity contribution in [2.24, 2.45) is 11.8 Å². The van der Waals surface area contributed by atoms with E-state index in [1.165, 1.54) is 0 Å². The Hall–Kier alpha value is -0.690. The van der Waals surface area contributed by atoms with Crippen LogP contribution in [0.2, 0.25) is 0 Å². The van der Waals surface area contributed by atoms with Gasteiger partial charge in [-0.1, -0.05) is 0 Å². The summed E-state index contributed by atoms with van der Waals surface area (Å²) < 4.78 is 0. The number of carbonyl (C=O) groups excluding carboxylic acids is 1. The SMILES string of the molecule is CN1CCC(C(=O)NCCNC2CCN(N)CC2)C1. The van der Waals surface area contributed by atoms with E-state index in [1.807, 2.05) is 5.01 Å². The normalized spacial score (nSPS) is 26.7. The van der Waals surface area contributed by atoms with Crippen molar-refractivity contribution in [3.8, 4) is 0 Å². The van der Waals surface area contributed by atoms with E-state index in [4.69, 9.17) is 5.84 Å². The first-order chi connectivity index (χ1) is 9.15. The van der Waals surface area contributed by atoms with Gasteiger partial charge in [-0.3, -0.25) is 10.6 Å². The number of rotatable bonds is 5. The predicted molar refractivity (Wildman–Crippen MR) is 75.4 cm³/mol. The smallest absolute Gasteiger partial charge is 0.224 e. The molecule has 0 aromatic heterocycles. The molecule has 1 unspecified atom stereocenters. The molecule has 6 heteroatoms. The first-order valence-electron chi connectivity index (χ1n) is 7.34. The zero-order chi connectivity index (χ0) is 13.7. The highest BCUT2D eigenvalue weighted by Crippen LogP contribution is 2.13. The predicted octanol–water partition coefficient (Wildman–Crippen LogP) is -1.02. The third-order valence-electron chi connectivity index (χ3n) is 4.15. The standard InChI is InChI=1S/C13H27N5O/c1-17-7-2-11(10-17)13(19)16-6-5-15-12-3-8-18(14)9-4-12/h11-12,15H,2-10,14H2,1H3,(H,16,19). The lowest BCUT2D eigenvalue weighted by atomic mass is 10.1. The summed E-state index contributed by atoms with van der Waals surface area (Å²) in [7, 11) is 2.07. The molecule has 110 valence electrons. The van der Waals surface area contributed by atoms with Gasteiger partial charge in [0.2, 0.25) is 5.91 Å². The van der Waals surface area contributed by atoms with Crippen molar-refractivity contribution >= 4 is 5.91 Å². The zero-order valence-electron chi connectivity index (χ0n) is 11.9. The summed E-state index contributed by atoms with van der Waals surface area (Å²) in [6.07, 6.45) is 3.18. The summed E-state index contributed by atoms with van der Waals surface area (Å²) in [6, 6.07) is 0.550. The van der Waals surface area contributed by atoms with Crippen LogP contribution in [-0.2, 0) is 4.79 Å². The van der Waals surface area contributed by atoms with Gasteiger partial charge in [0.25, 0.3) is 0 Å². The molecule has 2 aliphatic rings. The van der Waals surface area contributed by atoms with E-state index in [2.05, 4.69) is 22.6 Å². The maximum Gasteiger partial charge on any atom is 0.224 e. The van der Waals surface area contributed by atoms with Crippen molar-refractivity contribution in [2.75, 3.05) is 46.3 Å². The van der Waals surface area contributed by atoms with Crippen molar-refractivity contribution in [1.29, 1.82) is 0 Å². The Kier molecular flexibility index (Phi) is 5.57. The number of hydrogen-bond acceptors (Lipinski definition) is 5. The molecule has 0 aromatic rings. The van der Waals surface area contributed by atoms with Crippen LogP contribution >= 0.6 is 0 Å². The third kappa shape index (κ3) is 4.72. The van der Waals surface area contributed by atoms with Crippen LogP contribution in [0.3, 0.4) is 0 Å². The number of likely N-dealkylation sites (tertiary alicyclic amines) is 1. The largest absolute Gasteiger partial charge is 0.355 e. The topological polar surface area (TPSA) is 73.6 Å². The fourth-order valence-corrected chi connectivity index (χ4v) is 2.86. The van der Waals surface area contributed by atoms with Crippen molar-refractivity contribution in [2.45, 2.75) is 25.3 Å². The minimum Gasteiger partial charge on any atom is -0.355 e. The van der Waals surface area contributed by atoms with Crippen LogP contribution in [0.25, 0.3) is 0 Å². The van der Waals surface area contributed by atoms with Gasteiger partial charge in [0.15, 0.2) is 0 Å². The number of hydrazine groups is 1. The molecule has 19 heavy (non-hydrogen) atoms. The molecule has 2 heterocycles. The Morgan fingerprint density at radius 3 is 2.58 bits per heavy atom. The Morgan fingerprint density at radius 1 is 1.21 bits per heavy atom. The van der Waals surface area contributed by atoms with Crippen molar-refractivity contribution in [1.82, 2.24) is 20.5 Å². The molecule has 0 spiro atoms. The average Bonchev–Trinajstić information content (AvgIpc) is 2.83. The molecule has 1 amide bonds. The Labute approximate surface area is 115 Å². The van der Waals surface area contributed by atoms with Gasteiger partial charge in [0.05, 0.1) is 5.92 Å². The van der Waals surface area contributed by atoms with Gasteiger partial charge in [0, 0.05) is 38.8 Å². The number of nitrogens with zero attached hydrogens (tertiary/aromatic N) is 2. The highest BCUT2D eigenvalue weighted by molar-refractivity contribution is 5.79. The molecule has 0 saturated carbocycles. The van der Waals surface area contributed by atoms with E-state index in [9.17, 15) is 4.79 Å². The molecule has 2 fully saturated rings. The molecule has 1 atom stereocenters. The maximum absolute atomic E-state index is 11.9. The highest BCUT2D eigenvalue weighted by Gasteiger charge is 2.25. The summed E-state index contributed by atoms with van der Waals surface area (Å²) in [5.74, 6) is 6.11. The Bertz CT molecular complexity index is 291. The summed E-state index contributed by atoms with van der Waals surface area (Å²) in [4.78, 5) is 14.1. The molecular formula is C13H27N5O. The van der Waals surface area contributed by atoms with Gasteiger partial charge in [-0.05, 0) is 32.9 Å². The average molecular weight is 269 g/mol. The van der Waals surface area contributed by atoms with E-state index < -0.39 is 0 Å². The van der Waals surface area contributed by atoms with Crippen molar-refractivity contribution < 1.29 is 4.79 Å². The van der Waals surface area contributed by atoms with Crippen molar-refractivity contribution in [3.63, 3.8) is 0 Å². The lowest BCUT2D eigenvalue weighted by Gasteiger charge is -2.29. The molecule has 0 bridgehead atoms. The lowest BCUT2D eigenvalue weighted by Crippen LogP contribution is -2.47. The maximum atomic E-state index is 11.9. The van der Waals surface area contributed by atoms with Gasteiger partial charge in [-0.25, -0.2) is 5.01 Å². The summed E-state index contributed by atoms with van der Waals surface area (Å²) in [5, 5.41) is 8.39. The minimum atomic E-state index is 0.186. The second-order valence-electron chi connectivity index (χ2n) is 5.80. The third-order valence-corrected chi connectivity index (χ3v) is 4.15. The van der Waals surface area contributed by atoms with Crippen LogP contribution in [0, 0.1) is 5.92 Å². The molecule has 2 aliphatic heterocycles. The molecule has 4 N–H and O–H groups in total. The minimum absolute atomic E-state index is 0.186. The molecule has 6 nitrogen and oxygen atoms in total. The molecule has 0 radical (unpaired) electrons. The van der Waals surface area contributed by atoms with Crippen LogP contribution in [0.1, 0.15) is 19.3 Å². The quantitative estimate of drug-likeness (QED) is 0.440. The number of piperidine rings is 1. The van der Waals surface area contributed by atoms with Crippen LogP contribution < -0.4 is 16.5 Å². The number of nitrogens with one attached hydrogen (secondary N) is 2. The Balaban J connectivity index is 1.53. The van der Waals surface area contributed by atoms with E-state index in [-0.39, 0.29) is 11.8 Å². The van der Waals surface area contributed by atoms with E-state index in [0.717, 1.165) is 58.5 Å². The number of hydrogen-bond donors (Lipinski definition) is 3. The second kappa shape index (κ2) is 7.19. The monoisotopic (exact) mass is 269 g/mol. The highest BCUT2D eigenvalue weighted by atomic mass is 16.1.